The highest BCUT2D eigenvalue weighted by Gasteiger charge is 2.11. The van der Waals surface area contributed by atoms with E-state index in [1.54, 1.807) is 0 Å². The molecule has 0 saturated carbocycles. The lowest BCUT2D eigenvalue weighted by molar-refractivity contribution is -0.140. The van der Waals surface area contributed by atoms with Crippen LogP contribution in [0.4, 0.5) is 0 Å². The lowest BCUT2D eigenvalue weighted by atomic mass is 10.3. The van der Waals surface area contributed by atoms with Gasteiger partial charge in [0.05, 0.1) is 6.61 Å². The van der Waals surface area contributed by atoms with Gasteiger partial charge in [0.25, 0.3) is 0 Å². The third-order valence-electron chi connectivity index (χ3n) is 1.34. The number of nitrogens with one attached hydrogen (secondary N) is 1. The summed E-state index contributed by atoms with van der Waals surface area (Å²) in [5.41, 5.74) is 5.15. The quantitative estimate of drug-likeness (QED) is 0.519. The lowest BCUT2D eigenvalue weighted by Gasteiger charge is -2.05. The maximum Gasteiger partial charge on any atom is 0.438 e. The van der Waals surface area contributed by atoms with Crippen LogP contribution in [0.1, 0.15) is 5.82 Å². The van der Waals surface area contributed by atoms with E-state index in [2.05, 4.69) is 14.7 Å². The van der Waals surface area contributed by atoms with Crippen LogP contribution in [-0.2, 0) is 16.1 Å². The average Bonchev–Trinajstić information content (AvgIpc) is 2.51. The van der Waals surface area contributed by atoms with Crippen LogP contribution < -0.4 is 11.5 Å². The maximum absolute atomic E-state index is 10.4. The number of aromatic nitrogens is 2. The second-order valence-corrected chi connectivity index (χ2v) is 2.50. The van der Waals surface area contributed by atoms with Gasteiger partial charge in [-0.1, -0.05) is 5.16 Å². The molecule has 1 rings (SSSR count). The van der Waals surface area contributed by atoms with E-state index in [4.69, 9.17) is 15.6 Å². The largest absolute Gasteiger partial charge is 0.480 e. The molecule has 1 atom stereocenters. The number of ether oxygens (including phenoxy) is 1. The molecule has 0 aliphatic heterocycles. The van der Waals surface area contributed by atoms with Gasteiger partial charge in [0.1, 0.15) is 12.6 Å². The van der Waals surface area contributed by atoms with Gasteiger partial charge in [-0.3, -0.25) is 14.3 Å². The fraction of sp³-hybridized carbons (Fsp3) is 0.500. The minimum atomic E-state index is -1.15. The molecule has 0 aliphatic carbocycles. The molecule has 0 unspecified atom stereocenters. The van der Waals surface area contributed by atoms with E-state index in [1.807, 2.05) is 0 Å². The first-order valence-corrected chi connectivity index (χ1v) is 3.70. The van der Waals surface area contributed by atoms with Gasteiger partial charge in [-0.2, -0.15) is 0 Å². The third-order valence-corrected chi connectivity index (χ3v) is 1.34. The Balaban J connectivity index is 2.28. The van der Waals surface area contributed by atoms with Gasteiger partial charge in [-0.05, 0) is 0 Å². The van der Waals surface area contributed by atoms with Gasteiger partial charge in [0.2, 0.25) is 0 Å². The number of nitrogens with zero attached hydrogens (tertiary/aromatic N) is 1. The second kappa shape index (κ2) is 4.53. The van der Waals surface area contributed by atoms with Gasteiger partial charge in [0.15, 0.2) is 5.82 Å². The summed E-state index contributed by atoms with van der Waals surface area (Å²) < 4.78 is 9.04. The Hall–Kier alpha value is -1.67. The fourth-order valence-corrected chi connectivity index (χ4v) is 0.676. The number of carbonyl (C=O) groups is 1. The standard InChI is InChI=1S/C6H9N3O5/c7-3(5(10)11)1-13-2-4-8-6(12)14-9-4/h3H,1-2,7H2,(H,10,11)(H,8,9,12)/t3-/m0/s1. The molecule has 78 valence electrons. The number of nitrogens with two attached hydrogens (primary N) is 1. The molecule has 8 nitrogen and oxygen atoms in total. The first kappa shape index (κ1) is 10.4. The minimum Gasteiger partial charge on any atom is -0.480 e. The van der Waals surface area contributed by atoms with Gasteiger partial charge in [-0.15, -0.1) is 0 Å². The van der Waals surface area contributed by atoms with Crippen molar-refractivity contribution in [1.82, 2.24) is 10.1 Å². The monoisotopic (exact) mass is 203 g/mol. The van der Waals surface area contributed by atoms with E-state index in [9.17, 15) is 9.59 Å². The first-order valence-electron chi connectivity index (χ1n) is 3.70. The Morgan fingerprint density at radius 3 is 3.00 bits per heavy atom. The zero-order chi connectivity index (χ0) is 10.6. The van der Waals surface area contributed by atoms with Crippen LogP contribution in [0.3, 0.4) is 0 Å². The predicted molar refractivity (Wildman–Crippen MR) is 42.4 cm³/mol. The van der Waals surface area contributed by atoms with E-state index in [1.165, 1.54) is 0 Å². The highest BCUT2D eigenvalue weighted by Crippen LogP contribution is 1.90. The number of aliphatic carboxylic acids is 1. The zero-order valence-electron chi connectivity index (χ0n) is 7.10. The smallest absolute Gasteiger partial charge is 0.438 e. The van der Waals surface area contributed by atoms with E-state index < -0.39 is 17.8 Å². The molecular formula is C6H9N3O5. The Morgan fingerprint density at radius 1 is 1.79 bits per heavy atom. The molecule has 1 aromatic heterocycles. The topological polar surface area (TPSA) is 131 Å². The van der Waals surface area contributed by atoms with Crippen LogP contribution in [-0.4, -0.2) is 33.9 Å². The normalized spacial score (nSPS) is 12.6. The summed E-state index contributed by atoms with van der Waals surface area (Å²) in [5.74, 6) is -1.66. The Morgan fingerprint density at radius 2 is 2.50 bits per heavy atom. The van der Waals surface area contributed by atoms with Crippen molar-refractivity contribution in [3.63, 3.8) is 0 Å². The summed E-state index contributed by atoms with van der Waals surface area (Å²) in [6, 6.07) is -1.09. The molecule has 0 radical (unpaired) electrons. The molecule has 0 saturated heterocycles. The van der Waals surface area contributed by atoms with Crippen molar-refractivity contribution in [1.29, 1.82) is 0 Å². The highest BCUT2D eigenvalue weighted by molar-refractivity contribution is 5.73. The number of carboxylic acids is 1. The van der Waals surface area contributed by atoms with E-state index >= 15 is 0 Å². The average molecular weight is 203 g/mol. The Bertz CT molecular complexity index is 356. The molecule has 0 fully saturated rings. The first-order chi connectivity index (χ1) is 6.59. The fourth-order valence-electron chi connectivity index (χ4n) is 0.676. The third kappa shape index (κ3) is 2.99. The molecule has 0 aliphatic rings. The summed E-state index contributed by atoms with van der Waals surface area (Å²) >= 11 is 0. The van der Waals surface area contributed by atoms with Crippen molar-refractivity contribution >= 4 is 5.97 Å². The van der Waals surface area contributed by atoms with Crippen LogP contribution in [0.25, 0.3) is 0 Å². The molecule has 0 aromatic carbocycles. The molecule has 0 amide bonds. The number of carboxylic acid groups (broad SMARTS) is 1. The molecule has 8 heteroatoms. The van der Waals surface area contributed by atoms with Gasteiger partial charge >= 0.3 is 11.7 Å². The highest BCUT2D eigenvalue weighted by atomic mass is 16.5. The number of hydrogen-bond acceptors (Lipinski definition) is 6. The molecule has 1 heterocycles. The number of aromatic amines is 1. The zero-order valence-corrected chi connectivity index (χ0v) is 7.10. The van der Waals surface area contributed by atoms with Crippen molar-refractivity contribution in [3.8, 4) is 0 Å². The number of rotatable bonds is 5. The molecule has 0 spiro atoms. The Kier molecular flexibility index (Phi) is 3.37. The van der Waals surface area contributed by atoms with Crippen LogP contribution >= 0.6 is 0 Å². The molecule has 1 aromatic rings. The van der Waals surface area contributed by atoms with Crippen LogP contribution in [0.5, 0.6) is 0 Å². The van der Waals surface area contributed by atoms with Crippen molar-refractivity contribution in [2.75, 3.05) is 6.61 Å². The predicted octanol–water partition coefficient (Wildman–Crippen LogP) is -1.71. The van der Waals surface area contributed by atoms with E-state index in [0.717, 1.165) is 0 Å². The second-order valence-electron chi connectivity index (χ2n) is 2.50. The van der Waals surface area contributed by atoms with Crippen molar-refractivity contribution < 1.29 is 19.2 Å². The molecular weight excluding hydrogens is 194 g/mol. The van der Waals surface area contributed by atoms with Gasteiger partial charge in [0, 0.05) is 0 Å². The maximum atomic E-state index is 10.4. The minimum absolute atomic E-state index is 0.0489. The van der Waals surface area contributed by atoms with Crippen molar-refractivity contribution in [2.24, 2.45) is 5.73 Å². The molecule has 0 bridgehead atoms. The Labute approximate surface area is 77.6 Å². The summed E-state index contributed by atoms with van der Waals surface area (Å²) in [6.07, 6.45) is 0. The van der Waals surface area contributed by atoms with Crippen molar-refractivity contribution in [3.05, 3.63) is 16.4 Å². The van der Waals surface area contributed by atoms with Gasteiger partial charge < -0.3 is 15.6 Å². The van der Waals surface area contributed by atoms with E-state index in [-0.39, 0.29) is 19.0 Å². The summed E-state index contributed by atoms with van der Waals surface area (Å²) in [4.78, 5) is 22.9. The number of H-pyrrole nitrogens is 1. The summed E-state index contributed by atoms with van der Waals surface area (Å²) in [5, 5.41) is 11.7. The lowest BCUT2D eigenvalue weighted by Crippen LogP contribution is -2.34. The van der Waals surface area contributed by atoms with Crippen molar-refractivity contribution in [2.45, 2.75) is 12.6 Å². The van der Waals surface area contributed by atoms with E-state index in [0.29, 0.717) is 0 Å². The summed E-state index contributed by atoms with van der Waals surface area (Å²) in [6.45, 7) is -0.211. The van der Waals surface area contributed by atoms with Crippen LogP contribution in [0.15, 0.2) is 9.32 Å². The summed E-state index contributed by atoms with van der Waals surface area (Å²) in [7, 11) is 0. The van der Waals surface area contributed by atoms with Crippen LogP contribution in [0, 0.1) is 0 Å². The van der Waals surface area contributed by atoms with Gasteiger partial charge in [-0.25, -0.2) is 4.79 Å². The molecule has 14 heavy (non-hydrogen) atoms. The van der Waals surface area contributed by atoms with Crippen LogP contribution in [0.2, 0.25) is 0 Å². The SMILES string of the molecule is N[C@@H](COCc1noc(=O)[nH]1)C(=O)O. The number of hydrogen-bond donors (Lipinski definition) is 3. The molecule has 4 N–H and O–H groups in total.